The molecule has 0 spiro atoms. The zero-order valence-electron chi connectivity index (χ0n) is 15.2. The highest BCUT2D eigenvalue weighted by molar-refractivity contribution is 6.05. The van der Waals surface area contributed by atoms with Crippen LogP contribution >= 0.6 is 0 Å². The molecule has 1 rings (SSSR count). The normalized spacial score (nSPS) is 13.2. The van der Waals surface area contributed by atoms with Crippen molar-refractivity contribution in [3.8, 4) is 0 Å². The molecule has 0 heterocycles. The highest BCUT2D eigenvalue weighted by Crippen LogP contribution is 2.29. The van der Waals surface area contributed by atoms with Gasteiger partial charge in [-0.15, -0.1) is 0 Å². The molecular formula is C17H27N3O6. The topological polar surface area (TPSA) is 165 Å². The molecule has 1 aromatic rings. The molecule has 0 aromatic heterocycles. The molecule has 8 N–H and O–H groups in total. The van der Waals surface area contributed by atoms with E-state index in [0.29, 0.717) is 16.7 Å². The maximum absolute atomic E-state index is 12.5. The van der Waals surface area contributed by atoms with Crippen LogP contribution in [0.15, 0.2) is 0 Å². The maximum atomic E-state index is 12.5. The van der Waals surface area contributed by atoms with Crippen LogP contribution in [-0.4, -0.2) is 70.8 Å². The third kappa shape index (κ3) is 4.92. The number of aliphatic hydroxyl groups is 4. The molecule has 0 aliphatic carbocycles. The van der Waals surface area contributed by atoms with Crippen molar-refractivity contribution >= 4 is 17.5 Å². The smallest absolute Gasteiger partial charge is 0.252 e. The van der Waals surface area contributed by atoms with Crippen LogP contribution in [0.3, 0.4) is 0 Å². The van der Waals surface area contributed by atoms with E-state index < -0.39 is 37.2 Å². The second kappa shape index (κ2) is 9.48. The minimum atomic E-state index is -1.09. The Kier molecular flexibility index (Phi) is 7.97. The largest absolute Gasteiger partial charge is 0.398 e. The number of hydrogen-bond donors (Lipinski definition) is 7. The van der Waals surface area contributed by atoms with Crippen molar-refractivity contribution in [3.05, 3.63) is 27.8 Å². The molecule has 2 amide bonds. The molecule has 0 radical (unpaired) electrons. The van der Waals surface area contributed by atoms with E-state index in [9.17, 15) is 19.8 Å². The molecule has 1 aromatic carbocycles. The van der Waals surface area contributed by atoms with Gasteiger partial charge in [-0.05, 0) is 37.5 Å². The number of benzene rings is 1. The number of carbonyl (C=O) groups excluding carboxylic acids is 2. The number of rotatable bonds is 8. The van der Waals surface area contributed by atoms with Gasteiger partial charge in [-0.25, -0.2) is 0 Å². The molecule has 2 atom stereocenters. The molecule has 0 aliphatic heterocycles. The summed E-state index contributed by atoms with van der Waals surface area (Å²) < 4.78 is 0. The lowest BCUT2D eigenvalue weighted by atomic mass is 9.90. The van der Waals surface area contributed by atoms with Crippen molar-refractivity contribution in [3.63, 3.8) is 0 Å². The lowest BCUT2D eigenvalue weighted by Gasteiger charge is -2.20. The molecule has 0 aliphatic rings. The molecule has 9 nitrogen and oxygen atoms in total. The Morgan fingerprint density at radius 3 is 1.50 bits per heavy atom. The van der Waals surface area contributed by atoms with E-state index in [1.54, 1.807) is 20.8 Å². The fourth-order valence-electron chi connectivity index (χ4n) is 2.65. The summed E-state index contributed by atoms with van der Waals surface area (Å²) in [7, 11) is 0. The van der Waals surface area contributed by atoms with Crippen molar-refractivity contribution in [1.29, 1.82) is 0 Å². The Balaban J connectivity index is 3.22. The third-order valence-electron chi connectivity index (χ3n) is 4.18. The van der Waals surface area contributed by atoms with E-state index in [4.69, 9.17) is 15.9 Å². The molecular weight excluding hydrogens is 342 g/mol. The first kappa shape index (κ1) is 21.8. The Hall–Kier alpha value is -2.20. The summed E-state index contributed by atoms with van der Waals surface area (Å²) in [5, 5.41) is 41.4. The predicted octanol–water partition coefficient (Wildman–Crippen LogP) is -1.64. The number of carbonyl (C=O) groups is 2. The van der Waals surface area contributed by atoms with E-state index in [1.165, 1.54) is 0 Å². The Labute approximate surface area is 151 Å². The van der Waals surface area contributed by atoms with Gasteiger partial charge in [0.25, 0.3) is 11.8 Å². The van der Waals surface area contributed by atoms with E-state index >= 15 is 0 Å². The van der Waals surface area contributed by atoms with Crippen molar-refractivity contribution in [2.24, 2.45) is 0 Å². The fraction of sp³-hybridized carbons (Fsp3) is 0.529. The van der Waals surface area contributed by atoms with Gasteiger partial charge in [0.05, 0.1) is 25.4 Å². The average Bonchev–Trinajstić information content (AvgIpc) is 2.62. The van der Waals surface area contributed by atoms with Gasteiger partial charge < -0.3 is 36.8 Å². The summed E-state index contributed by atoms with van der Waals surface area (Å²) in [4.78, 5) is 25.0. The first-order chi connectivity index (χ1) is 12.1. The molecule has 2 unspecified atom stereocenters. The SMILES string of the molecule is Cc1c(N)c(C)c(C(=O)NCC(O)CO)c(C)c1C(=O)NCC(O)CO. The molecule has 0 bridgehead atoms. The minimum Gasteiger partial charge on any atom is -0.398 e. The standard InChI is InChI=1S/C17H27N3O6/c1-8-13(16(25)19-4-11(23)6-21)9(2)15(18)10(3)14(8)17(26)20-5-12(24)7-22/h11-12,21-24H,4-7,18H2,1-3H3,(H,19,25)(H,20,26). The van der Waals surface area contributed by atoms with Gasteiger partial charge in [0, 0.05) is 29.9 Å². The van der Waals surface area contributed by atoms with Crippen molar-refractivity contribution < 1.29 is 30.0 Å². The van der Waals surface area contributed by atoms with Crippen LogP contribution in [-0.2, 0) is 0 Å². The summed E-state index contributed by atoms with van der Waals surface area (Å²) in [6, 6.07) is 0. The van der Waals surface area contributed by atoms with E-state index in [0.717, 1.165) is 0 Å². The van der Waals surface area contributed by atoms with E-state index in [2.05, 4.69) is 10.6 Å². The quantitative estimate of drug-likeness (QED) is 0.270. The number of amides is 2. The van der Waals surface area contributed by atoms with Gasteiger partial charge in [0.2, 0.25) is 0 Å². The predicted molar refractivity (Wildman–Crippen MR) is 95.9 cm³/mol. The van der Waals surface area contributed by atoms with Crippen molar-refractivity contribution in [2.75, 3.05) is 32.0 Å². The van der Waals surface area contributed by atoms with Crippen LogP contribution in [0, 0.1) is 20.8 Å². The first-order valence-corrected chi connectivity index (χ1v) is 8.19. The molecule has 0 saturated carbocycles. The fourth-order valence-corrected chi connectivity index (χ4v) is 2.65. The van der Waals surface area contributed by atoms with Crippen LogP contribution in [0.25, 0.3) is 0 Å². The zero-order valence-corrected chi connectivity index (χ0v) is 15.2. The first-order valence-electron chi connectivity index (χ1n) is 8.19. The van der Waals surface area contributed by atoms with Crippen LogP contribution in [0.5, 0.6) is 0 Å². The van der Waals surface area contributed by atoms with Crippen LogP contribution in [0.1, 0.15) is 37.4 Å². The molecule has 0 saturated heterocycles. The summed E-state index contributed by atoms with van der Waals surface area (Å²) in [5.41, 5.74) is 8.18. The molecule has 9 heteroatoms. The maximum Gasteiger partial charge on any atom is 0.252 e. The van der Waals surface area contributed by atoms with Crippen molar-refractivity contribution in [1.82, 2.24) is 10.6 Å². The van der Waals surface area contributed by atoms with Gasteiger partial charge in [-0.1, -0.05) is 0 Å². The Bertz CT molecular complexity index is 624. The van der Waals surface area contributed by atoms with Crippen LogP contribution < -0.4 is 16.4 Å². The highest BCUT2D eigenvalue weighted by atomic mass is 16.3. The second-order valence-corrected chi connectivity index (χ2v) is 6.13. The number of nitrogens with one attached hydrogen (secondary N) is 2. The lowest BCUT2D eigenvalue weighted by molar-refractivity contribution is 0.0799. The Morgan fingerprint density at radius 2 is 1.19 bits per heavy atom. The van der Waals surface area contributed by atoms with Gasteiger partial charge in [0.1, 0.15) is 0 Å². The number of aliphatic hydroxyl groups excluding tert-OH is 4. The minimum absolute atomic E-state index is 0.147. The number of anilines is 1. The van der Waals surface area contributed by atoms with Crippen LogP contribution in [0.4, 0.5) is 5.69 Å². The summed E-state index contributed by atoms with van der Waals surface area (Å²) in [6.07, 6.45) is -2.19. The van der Waals surface area contributed by atoms with Gasteiger partial charge in [0.15, 0.2) is 0 Å². The third-order valence-corrected chi connectivity index (χ3v) is 4.18. The van der Waals surface area contributed by atoms with E-state index in [1.807, 2.05) is 0 Å². The molecule has 0 fully saturated rings. The monoisotopic (exact) mass is 369 g/mol. The zero-order chi connectivity index (χ0) is 20.0. The van der Waals surface area contributed by atoms with Gasteiger partial charge in [-0.3, -0.25) is 9.59 Å². The van der Waals surface area contributed by atoms with Crippen molar-refractivity contribution in [2.45, 2.75) is 33.0 Å². The molecule has 146 valence electrons. The summed E-state index contributed by atoms with van der Waals surface area (Å²) in [6.45, 7) is 3.64. The molecule has 26 heavy (non-hydrogen) atoms. The number of nitrogens with two attached hydrogens (primary N) is 1. The van der Waals surface area contributed by atoms with Crippen LogP contribution in [0.2, 0.25) is 0 Å². The van der Waals surface area contributed by atoms with Gasteiger partial charge >= 0.3 is 0 Å². The second-order valence-electron chi connectivity index (χ2n) is 6.13. The highest BCUT2D eigenvalue weighted by Gasteiger charge is 2.24. The average molecular weight is 369 g/mol. The summed E-state index contributed by atoms with van der Waals surface area (Å²) >= 11 is 0. The van der Waals surface area contributed by atoms with E-state index in [-0.39, 0.29) is 29.9 Å². The summed E-state index contributed by atoms with van der Waals surface area (Å²) in [5.74, 6) is -1.05. The Morgan fingerprint density at radius 1 is 0.846 bits per heavy atom. The van der Waals surface area contributed by atoms with Gasteiger partial charge in [-0.2, -0.15) is 0 Å². The number of nitrogen functional groups attached to an aromatic ring is 1. The lowest BCUT2D eigenvalue weighted by Crippen LogP contribution is -2.37. The number of hydrogen-bond acceptors (Lipinski definition) is 7.